The zero-order chi connectivity index (χ0) is 12.1. The molecule has 0 aliphatic heterocycles. The zero-order valence-electron chi connectivity index (χ0n) is 10.3. The standard InChI is InChI=1S/C14H20FNS/c1-2-16-12(9-11-7-8-11)10-17-14-6-4-3-5-13(14)15/h3-6,11-12,16H,2,7-10H2,1H3. The molecule has 1 aliphatic carbocycles. The molecule has 1 aliphatic rings. The van der Waals surface area contributed by atoms with E-state index in [4.69, 9.17) is 0 Å². The van der Waals surface area contributed by atoms with E-state index in [-0.39, 0.29) is 5.82 Å². The molecule has 1 N–H and O–H groups in total. The minimum absolute atomic E-state index is 0.0980. The molecule has 1 aromatic rings. The predicted octanol–water partition coefficient (Wildman–Crippen LogP) is 3.70. The average Bonchev–Trinajstić information content (AvgIpc) is 3.12. The third-order valence-electron chi connectivity index (χ3n) is 3.08. The summed E-state index contributed by atoms with van der Waals surface area (Å²) in [6, 6.07) is 7.56. The van der Waals surface area contributed by atoms with Gasteiger partial charge in [-0.2, -0.15) is 0 Å². The van der Waals surface area contributed by atoms with Gasteiger partial charge in [0.05, 0.1) is 0 Å². The summed E-state index contributed by atoms with van der Waals surface area (Å²) < 4.78 is 13.5. The number of rotatable bonds is 7. The number of hydrogen-bond donors (Lipinski definition) is 1. The zero-order valence-corrected chi connectivity index (χ0v) is 11.1. The second kappa shape index (κ2) is 6.41. The molecule has 2 rings (SSSR count). The molecule has 17 heavy (non-hydrogen) atoms. The van der Waals surface area contributed by atoms with Crippen LogP contribution in [0.2, 0.25) is 0 Å². The highest BCUT2D eigenvalue weighted by Crippen LogP contribution is 2.34. The second-order valence-electron chi connectivity index (χ2n) is 4.68. The van der Waals surface area contributed by atoms with Crippen molar-refractivity contribution in [2.24, 2.45) is 5.92 Å². The minimum atomic E-state index is -0.0980. The van der Waals surface area contributed by atoms with Gasteiger partial charge in [-0.3, -0.25) is 0 Å². The van der Waals surface area contributed by atoms with Crippen LogP contribution < -0.4 is 5.32 Å². The number of hydrogen-bond acceptors (Lipinski definition) is 2. The second-order valence-corrected chi connectivity index (χ2v) is 5.74. The summed E-state index contributed by atoms with van der Waals surface area (Å²) in [6.45, 7) is 3.13. The Balaban J connectivity index is 1.83. The molecular formula is C14H20FNS. The maximum absolute atomic E-state index is 13.5. The van der Waals surface area contributed by atoms with Gasteiger partial charge in [-0.15, -0.1) is 11.8 Å². The van der Waals surface area contributed by atoms with Crippen LogP contribution in [0.1, 0.15) is 26.2 Å². The molecule has 0 bridgehead atoms. The lowest BCUT2D eigenvalue weighted by Gasteiger charge is -2.17. The van der Waals surface area contributed by atoms with Crippen LogP contribution in [0.5, 0.6) is 0 Å². The Bertz CT molecular complexity index is 352. The van der Waals surface area contributed by atoms with Crippen LogP contribution in [-0.2, 0) is 0 Å². The molecule has 0 amide bonds. The highest BCUT2D eigenvalue weighted by molar-refractivity contribution is 7.99. The van der Waals surface area contributed by atoms with Crippen molar-refractivity contribution in [2.75, 3.05) is 12.3 Å². The molecule has 1 nitrogen and oxygen atoms in total. The third kappa shape index (κ3) is 4.32. The Morgan fingerprint density at radius 3 is 2.82 bits per heavy atom. The topological polar surface area (TPSA) is 12.0 Å². The number of thioether (sulfide) groups is 1. The van der Waals surface area contributed by atoms with Crippen LogP contribution in [-0.4, -0.2) is 18.3 Å². The molecule has 0 heterocycles. The highest BCUT2D eigenvalue weighted by atomic mass is 32.2. The van der Waals surface area contributed by atoms with Crippen molar-refractivity contribution in [3.63, 3.8) is 0 Å². The summed E-state index contributed by atoms with van der Waals surface area (Å²) in [5.74, 6) is 1.78. The monoisotopic (exact) mass is 253 g/mol. The molecule has 1 unspecified atom stereocenters. The Kier molecular flexibility index (Phi) is 4.86. The lowest BCUT2D eigenvalue weighted by Crippen LogP contribution is -2.31. The van der Waals surface area contributed by atoms with E-state index in [9.17, 15) is 4.39 Å². The molecule has 0 saturated heterocycles. The van der Waals surface area contributed by atoms with Gasteiger partial charge in [-0.25, -0.2) is 4.39 Å². The van der Waals surface area contributed by atoms with E-state index in [1.165, 1.54) is 25.3 Å². The molecule has 0 radical (unpaired) electrons. The van der Waals surface area contributed by atoms with Crippen LogP contribution in [0.15, 0.2) is 29.2 Å². The van der Waals surface area contributed by atoms with Gasteiger partial charge in [0.1, 0.15) is 5.82 Å². The molecule has 1 fully saturated rings. The van der Waals surface area contributed by atoms with E-state index < -0.39 is 0 Å². The molecule has 1 atom stereocenters. The first kappa shape index (κ1) is 12.9. The van der Waals surface area contributed by atoms with Crippen molar-refractivity contribution in [3.05, 3.63) is 30.1 Å². The molecule has 1 saturated carbocycles. The Morgan fingerprint density at radius 2 is 2.18 bits per heavy atom. The fourth-order valence-electron chi connectivity index (χ4n) is 2.01. The summed E-state index contributed by atoms with van der Waals surface area (Å²) in [5, 5.41) is 3.50. The highest BCUT2D eigenvalue weighted by Gasteiger charge is 2.25. The summed E-state index contributed by atoms with van der Waals surface area (Å²) >= 11 is 1.63. The average molecular weight is 253 g/mol. The summed E-state index contributed by atoms with van der Waals surface area (Å²) in [6.07, 6.45) is 4.01. The van der Waals surface area contributed by atoms with Gasteiger partial charge in [-0.1, -0.05) is 31.9 Å². The van der Waals surface area contributed by atoms with Gasteiger partial charge in [-0.05, 0) is 31.0 Å². The first-order valence-electron chi connectivity index (χ1n) is 6.40. The summed E-state index contributed by atoms with van der Waals surface area (Å²) in [4.78, 5) is 0.770. The van der Waals surface area contributed by atoms with Crippen molar-refractivity contribution < 1.29 is 4.39 Å². The quantitative estimate of drug-likeness (QED) is 0.744. The van der Waals surface area contributed by atoms with Crippen LogP contribution in [0.3, 0.4) is 0 Å². The largest absolute Gasteiger partial charge is 0.313 e. The lowest BCUT2D eigenvalue weighted by molar-refractivity contribution is 0.507. The van der Waals surface area contributed by atoms with E-state index in [2.05, 4.69) is 12.2 Å². The van der Waals surface area contributed by atoms with Crippen LogP contribution in [0.25, 0.3) is 0 Å². The Labute approximate surface area is 107 Å². The SMILES string of the molecule is CCNC(CSc1ccccc1F)CC1CC1. The fraction of sp³-hybridized carbons (Fsp3) is 0.571. The first-order valence-corrected chi connectivity index (χ1v) is 7.39. The van der Waals surface area contributed by atoms with Crippen molar-refractivity contribution >= 4 is 11.8 Å². The van der Waals surface area contributed by atoms with Crippen LogP contribution in [0.4, 0.5) is 4.39 Å². The minimum Gasteiger partial charge on any atom is -0.313 e. The molecule has 94 valence electrons. The van der Waals surface area contributed by atoms with E-state index >= 15 is 0 Å². The summed E-state index contributed by atoms with van der Waals surface area (Å²) in [7, 11) is 0. The number of benzene rings is 1. The first-order chi connectivity index (χ1) is 8.29. The summed E-state index contributed by atoms with van der Waals surface area (Å²) in [5.41, 5.74) is 0. The van der Waals surface area contributed by atoms with E-state index in [0.717, 1.165) is 23.1 Å². The van der Waals surface area contributed by atoms with Gasteiger partial charge in [0.15, 0.2) is 0 Å². The van der Waals surface area contributed by atoms with Gasteiger partial charge >= 0.3 is 0 Å². The normalized spacial score (nSPS) is 17.1. The van der Waals surface area contributed by atoms with E-state index in [1.54, 1.807) is 17.8 Å². The smallest absolute Gasteiger partial charge is 0.136 e. The molecule has 3 heteroatoms. The van der Waals surface area contributed by atoms with Crippen molar-refractivity contribution in [3.8, 4) is 0 Å². The fourth-order valence-corrected chi connectivity index (χ4v) is 3.02. The van der Waals surface area contributed by atoms with E-state index in [0.29, 0.717) is 6.04 Å². The van der Waals surface area contributed by atoms with Crippen molar-refractivity contribution in [1.82, 2.24) is 5.32 Å². The third-order valence-corrected chi connectivity index (χ3v) is 4.30. The van der Waals surface area contributed by atoms with Gasteiger partial charge < -0.3 is 5.32 Å². The maximum atomic E-state index is 13.5. The van der Waals surface area contributed by atoms with Gasteiger partial charge in [0.2, 0.25) is 0 Å². The molecule has 0 spiro atoms. The Hall–Kier alpha value is -0.540. The van der Waals surface area contributed by atoms with E-state index in [1.807, 2.05) is 12.1 Å². The Morgan fingerprint density at radius 1 is 1.41 bits per heavy atom. The van der Waals surface area contributed by atoms with Crippen molar-refractivity contribution in [1.29, 1.82) is 0 Å². The lowest BCUT2D eigenvalue weighted by atomic mass is 10.1. The molecule has 1 aromatic carbocycles. The van der Waals surface area contributed by atoms with Gasteiger partial charge in [0.25, 0.3) is 0 Å². The number of halogens is 1. The maximum Gasteiger partial charge on any atom is 0.136 e. The number of nitrogens with one attached hydrogen (secondary N) is 1. The van der Waals surface area contributed by atoms with Crippen LogP contribution >= 0.6 is 11.8 Å². The van der Waals surface area contributed by atoms with Crippen molar-refractivity contribution in [2.45, 2.75) is 37.1 Å². The molecule has 0 aromatic heterocycles. The van der Waals surface area contributed by atoms with Gasteiger partial charge in [0, 0.05) is 16.7 Å². The predicted molar refractivity (Wildman–Crippen MR) is 71.9 cm³/mol. The van der Waals surface area contributed by atoms with Crippen LogP contribution in [0, 0.1) is 11.7 Å². The molecular weight excluding hydrogens is 233 g/mol.